The van der Waals surface area contributed by atoms with Crippen LogP contribution < -0.4 is 11.1 Å². The van der Waals surface area contributed by atoms with Crippen LogP contribution in [0.2, 0.25) is 0 Å². The summed E-state index contributed by atoms with van der Waals surface area (Å²) in [6.07, 6.45) is 26.4. The third-order valence-electron chi connectivity index (χ3n) is 6.85. The zero-order valence-electron chi connectivity index (χ0n) is 23.0. The molecule has 5 nitrogen and oxygen atoms in total. The Bertz CT molecular complexity index is 470. The molecule has 0 fully saturated rings. The highest BCUT2D eigenvalue weighted by atomic mass is 16.5. The molecule has 0 saturated heterocycles. The summed E-state index contributed by atoms with van der Waals surface area (Å²) in [6, 6.07) is -1.13. The average molecular weight is 483 g/mol. The summed E-state index contributed by atoms with van der Waals surface area (Å²) < 4.78 is 4.91. The summed E-state index contributed by atoms with van der Waals surface area (Å²) in [5.41, 5.74) is 6.11. The van der Waals surface area contributed by atoms with Gasteiger partial charge in [0.25, 0.3) is 0 Å². The first kappa shape index (κ1) is 32.9. The van der Waals surface area contributed by atoms with Gasteiger partial charge in [0, 0.05) is 0 Å². The van der Waals surface area contributed by atoms with Crippen molar-refractivity contribution in [2.45, 2.75) is 167 Å². The fourth-order valence-electron chi connectivity index (χ4n) is 4.49. The minimum Gasteiger partial charge on any atom is -0.467 e. The second-order valence-electron chi connectivity index (χ2n) is 10.1. The average Bonchev–Trinajstić information content (AvgIpc) is 2.84. The van der Waals surface area contributed by atoms with E-state index in [0.717, 1.165) is 25.7 Å². The topological polar surface area (TPSA) is 81.4 Å². The summed E-state index contributed by atoms with van der Waals surface area (Å²) in [7, 11) is 1.38. The minimum absolute atomic E-state index is 0.224. The predicted octanol–water partition coefficient (Wildman–Crippen LogP) is 7.59. The van der Waals surface area contributed by atoms with E-state index < -0.39 is 12.1 Å². The van der Waals surface area contributed by atoms with E-state index >= 15 is 0 Å². The summed E-state index contributed by atoms with van der Waals surface area (Å²) in [6.45, 7) is 4.50. The highest BCUT2D eigenvalue weighted by molar-refractivity contribution is 5.87. The van der Waals surface area contributed by atoms with Gasteiger partial charge >= 0.3 is 5.97 Å². The van der Waals surface area contributed by atoms with Crippen LogP contribution in [0.3, 0.4) is 0 Å². The van der Waals surface area contributed by atoms with Gasteiger partial charge in [0.05, 0.1) is 13.2 Å². The monoisotopic (exact) mass is 482 g/mol. The molecule has 5 heteroatoms. The lowest BCUT2D eigenvalue weighted by molar-refractivity contribution is -0.145. The maximum Gasteiger partial charge on any atom is 0.328 e. The van der Waals surface area contributed by atoms with E-state index in [4.69, 9.17) is 10.5 Å². The van der Waals surface area contributed by atoms with Crippen LogP contribution in [0, 0.1) is 0 Å². The maximum atomic E-state index is 12.5. The van der Waals surface area contributed by atoms with Gasteiger partial charge in [-0.3, -0.25) is 4.79 Å². The molecule has 0 bridgehead atoms. The van der Waals surface area contributed by atoms with E-state index in [1.54, 1.807) is 0 Å². The van der Waals surface area contributed by atoms with Crippen molar-refractivity contribution in [2.24, 2.45) is 5.73 Å². The molecule has 0 radical (unpaired) electrons. The van der Waals surface area contributed by atoms with Crippen molar-refractivity contribution in [3.63, 3.8) is 0 Å². The molecule has 0 aromatic heterocycles. The zero-order chi connectivity index (χ0) is 25.3. The lowest BCUT2D eigenvalue weighted by Crippen LogP contribution is -2.48. The first-order valence-corrected chi connectivity index (χ1v) is 14.7. The number of methoxy groups -OCH3 is 1. The van der Waals surface area contributed by atoms with Crippen molar-refractivity contribution < 1.29 is 14.3 Å². The molecule has 0 aliphatic rings. The van der Waals surface area contributed by atoms with Gasteiger partial charge in [0.2, 0.25) is 5.91 Å². The number of carbonyl (C=O) groups is 2. The molecule has 0 aromatic carbocycles. The van der Waals surface area contributed by atoms with Crippen molar-refractivity contribution in [1.29, 1.82) is 0 Å². The van der Waals surface area contributed by atoms with Gasteiger partial charge in [-0.2, -0.15) is 0 Å². The van der Waals surface area contributed by atoms with Crippen molar-refractivity contribution in [2.75, 3.05) is 7.11 Å². The fraction of sp³-hybridized carbons (Fsp3) is 0.931. The number of nitrogens with two attached hydrogens (primary N) is 1. The standard InChI is InChI=1S/C29H58N2O3/c1-4-6-8-10-12-14-16-18-20-22-24-26(30)28(32)31-27(29(33)34-3)25-23-21-19-17-15-13-11-9-7-5-2/h26-27H,4-25,30H2,1-3H3,(H,31,32). The normalized spacial score (nSPS) is 12.9. The third-order valence-corrected chi connectivity index (χ3v) is 6.85. The molecule has 202 valence electrons. The highest BCUT2D eigenvalue weighted by Gasteiger charge is 2.23. The summed E-state index contributed by atoms with van der Waals surface area (Å²) in [4.78, 5) is 24.6. The third kappa shape index (κ3) is 20.3. The molecule has 0 heterocycles. The quantitative estimate of drug-likeness (QED) is 0.104. The fourth-order valence-corrected chi connectivity index (χ4v) is 4.49. The lowest BCUT2D eigenvalue weighted by atomic mass is 10.0. The van der Waals surface area contributed by atoms with Crippen LogP contribution in [-0.4, -0.2) is 31.1 Å². The highest BCUT2D eigenvalue weighted by Crippen LogP contribution is 2.14. The van der Waals surface area contributed by atoms with Gasteiger partial charge in [-0.15, -0.1) is 0 Å². The van der Waals surface area contributed by atoms with Crippen molar-refractivity contribution in [3.8, 4) is 0 Å². The van der Waals surface area contributed by atoms with Crippen LogP contribution in [0.25, 0.3) is 0 Å². The molecule has 3 N–H and O–H groups in total. The molecule has 0 aliphatic carbocycles. The summed E-state index contributed by atoms with van der Waals surface area (Å²) in [5.74, 6) is -0.589. The predicted molar refractivity (Wildman–Crippen MR) is 145 cm³/mol. The minimum atomic E-state index is -0.578. The Hall–Kier alpha value is -1.10. The molecule has 0 aliphatic heterocycles. The maximum absolute atomic E-state index is 12.5. The molecule has 34 heavy (non-hydrogen) atoms. The zero-order valence-corrected chi connectivity index (χ0v) is 23.0. The molecule has 2 unspecified atom stereocenters. The number of hydrogen-bond acceptors (Lipinski definition) is 4. The van der Waals surface area contributed by atoms with Gasteiger partial charge < -0.3 is 15.8 Å². The van der Waals surface area contributed by atoms with Gasteiger partial charge in [0.1, 0.15) is 6.04 Å². The van der Waals surface area contributed by atoms with E-state index in [1.807, 2.05) is 0 Å². The van der Waals surface area contributed by atoms with E-state index in [2.05, 4.69) is 19.2 Å². The Morgan fingerprint density at radius 1 is 0.618 bits per heavy atom. The van der Waals surface area contributed by atoms with Crippen molar-refractivity contribution >= 4 is 11.9 Å². The molecular formula is C29H58N2O3. The Kier molecular flexibility index (Phi) is 24.2. The lowest BCUT2D eigenvalue weighted by Gasteiger charge is -2.19. The van der Waals surface area contributed by atoms with Gasteiger partial charge in [-0.05, 0) is 12.8 Å². The van der Waals surface area contributed by atoms with Gasteiger partial charge in [0.15, 0.2) is 0 Å². The van der Waals surface area contributed by atoms with Gasteiger partial charge in [-0.1, -0.05) is 142 Å². The SMILES string of the molecule is CCCCCCCCCCCCC(N)C(=O)NC(CCCCCCCCCCCC)C(=O)OC. The largest absolute Gasteiger partial charge is 0.467 e. The molecular weight excluding hydrogens is 424 g/mol. The number of rotatable bonds is 25. The Balaban J connectivity index is 3.90. The molecule has 2 atom stereocenters. The first-order chi connectivity index (χ1) is 16.6. The molecule has 0 spiro atoms. The van der Waals surface area contributed by atoms with E-state index in [0.29, 0.717) is 12.8 Å². The Morgan fingerprint density at radius 2 is 0.971 bits per heavy atom. The van der Waals surface area contributed by atoms with Crippen molar-refractivity contribution in [3.05, 3.63) is 0 Å². The van der Waals surface area contributed by atoms with Crippen LogP contribution >= 0.6 is 0 Å². The first-order valence-electron chi connectivity index (χ1n) is 14.7. The van der Waals surface area contributed by atoms with Gasteiger partial charge in [-0.25, -0.2) is 4.79 Å². The number of ether oxygens (including phenoxy) is 1. The summed E-state index contributed by atoms with van der Waals surface area (Å²) >= 11 is 0. The number of esters is 1. The van der Waals surface area contributed by atoms with Crippen molar-refractivity contribution in [1.82, 2.24) is 5.32 Å². The second-order valence-corrected chi connectivity index (χ2v) is 10.1. The molecule has 1 amide bonds. The smallest absolute Gasteiger partial charge is 0.328 e. The second kappa shape index (κ2) is 25.0. The van der Waals surface area contributed by atoms with E-state index in [1.165, 1.54) is 110 Å². The number of hydrogen-bond donors (Lipinski definition) is 2. The number of unbranched alkanes of at least 4 members (excludes halogenated alkanes) is 18. The van der Waals surface area contributed by atoms with Crippen LogP contribution in [0.5, 0.6) is 0 Å². The van der Waals surface area contributed by atoms with Crippen LogP contribution in [0.1, 0.15) is 155 Å². The molecule has 0 aromatic rings. The van der Waals surface area contributed by atoms with Crippen LogP contribution in [0.4, 0.5) is 0 Å². The van der Waals surface area contributed by atoms with Crippen LogP contribution in [-0.2, 0) is 14.3 Å². The molecule has 0 rings (SSSR count). The number of nitrogens with one attached hydrogen (secondary N) is 1. The Labute approximate surface area is 211 Å². The van der Waals surface area contributed by atoms with E-state index in [9.17, 15) is 9.59 Å². The van der Waals surface area contributed by atoms with E-state index in [-0.39, 0.29) is 11.9 Å². The van der Waals surface area contributed by atoms with Crippen LogP contribution in [0.15, 0.2) is 0 Å². The Morgan fingerprint density at radius 3 is 1.35 bits per heavy atom. The number of carbonyl (C=O) groups excluding carboxylic acids is 2. The number of amides is 1. The summed E-state index contributed by atoms with van der Waals surface area (Å²) in [5, 5.41) is 2.85. The molecule has 0 saturated carbocycles.